The second kappa shape index (κ2) is 11.8. The average Bonchev–Trinajstić information content (AvgIpc) is 3.55. The summed E-state index contributed by atoms with van der Waals surface area (Å²) in [5, 5.41) is 10.5. The van der Waals surface area contributed by atoms with Gasteiger partial charge in [-0.15, -0.1) is 0 Å². The van der Waals surface area contributed by atoms with Gasteiger partial charge in [0.15, 0.2) is 5.69 Å². The van der Waals surface area contributed by atoms with E-state index in [4.69, 9.17) is 4.74 Å². The molecule has 1 fully saturated rings. The lowest BCUT2D eigenvalue weighted by Crippen LogP contribution is -2.65. The summed E-state index contributed by atoms with van der Waals surface area (Å²) in [6.45, 7) is 7.57. The fourth-order valence-electron chi connectivity index (χ4n) is 5.16. The lowest BCUT2D eigenvalue weighted by Gasteiger charge is -2.43. The highest BCUT2D eigenvalue weighted by Gasteiger charge is 2.48. The lowest BCUT2D eigenvalue weighted by atomic mass is 9.94. The molecule has 4 rings (SSSR count). The number of amides is 3. The molecule has 1 atom stereocenters. The minimum atomic E-state index is -1.06. The summed E-state index contributed by atoms with van der Waals surface area (Å²) in [6.07, 6.45) is 6.53. The Labute approximate surface area is 218 Å². The molecule has 2 heterocycles. The Kier molecular flexibility index (Phi) is 8.51. The summed E-state index contributed by atoms with van der Waals surface area (Å²) in [4.78, 5) is 41.5. The van der Waals surface area contributed by atoms with E-state index >= 15 is 0 Å². The summed E-state index contributed by atoms with van der Waals surface area (Å²) in [5.74, 6) is 0.0781. The van der Waals surface area contributed by atoms with Crippen molar-refractivity contribution in [2.75, 3.05) is 19.7 Å². The van der Waals surface area contributed by atoms with Gasteiger partial charge >= 0.3 is 0 Å². The van der Waals surface area contributed by atoms with E-state index in [1.807, 2.05) is 38.1 Å². The number of benzene rings is 1. The number of nitrogens with one attached hydrogen (secondary N) is 2. The van der Waals surface area contributed by atoms with Crippen molar-refractivity contribution in [2.24, 2.45) is 0 Å². The molecule has 37 heavy (non-hydrogen) atoms. The largest absolute Gasteiger partial charge is 0.494 e. The summed E-state index contributed by atoms with van der Waals surface area (Å²) >= 11 is 0. The summed E-state index contributed by atoms with van der Waals surface area (Å²) in [5.41, 5.74) is 0.554. The fourth-order valence-corrected chi connectivity index (χ4v) is 5.16. The van der Waals surface area contributed by atoms with Crippen molar-refractivity contribution in [1.82, 2.24) is 25.3 Å². The van der Waals surface area contributed by atoms with Crippen LogP contribution in [0.5, 0.6) is 5.75 Å². The van der Waals surface area contributed by atoms with Gasteiger partial charge < -0.3 is 20.3 Å². The molecule has 200 valence electrons. The number of carbonyl (C=O) groups is 3. The standard InChI is InChI=1S/C28H39N5O4/c1-4-6-17-32-26(35)24-18-23(25(34)29-16-15-20-11-13-22(14-12-20)37-5-2)31-33(24)19-28(32,3)27(36)30-21-9-7-8-10-21/h11-14,18,21H,4-10,15-17,19H2,1-3H3,(H,29,34)(H,30,36). The first kappa shape index (κ1) is 26.7. The molecular weight excluding hydrogens is 470 g/mol. The maximum atomic E-state index is 13.5. The van der Waals surface area contributed by atoms with Crippen LogP contribution >= 0.6 is 0 Å². The number of rotatable bonds is 11. The van der Waals surface area contributed by atoms with Crippen molar-refractivity contribution < 1.29 is 19.1 Å². The van der Waals surface area contributed by atoms with Crippen LogP contribution in [0.15, 0.2) is 30.3 Å². The first-order chi connectivity index (χ1) is 17.9. The van der Waals surface area contributed by atoms with Crippen LogP contribution in [0, 0.1) is 0 Å². The van der Waals surface area contributed by atoms with Crippen molar-refractivity contribution in [2.45, 2.75) is 83.8 Å². The van der Waals surface area contributed by atoms with Crippen LogP contribution in [0.2, 0.25) is 0 Å². The molecule has 1 saturated carbocycles. The third-order valence-corrected chi connectivity index (χ3v) is 7.38. The van der Waals surface area contributed by atoms with Crippen molar-refractivity contribution in [3.8, 4) is 5.75 Å². The first-order valence-corrected chi connectivity index (χ1v) is 13.6. The Morgan fingerprint density at radius 2 is 1.89 bits per heavy atom. The van der Waals surface area contributed by atoms with Crippen molar-refractivity contribution in [1.29, 1.82) is 0 Å². The Hall–Kier alpha value is -3.36. The zero-order chi connectivity index (χ0) is 26.4. The number of ether oxygens (including phenoxy) is 1. The third-order valence-electron chi connectivity index (χ3n) is 7.38. The topological polar surface area (TPSA) is 106 Å². The van der Waals surface area contributed by atoms with Crippen LogP contribution in [0.25, 0.3) is 0 Å². The van der Waals surface area contributed by atoms with E-state index in [1.54, 1.807) is 11.0 Å². The monoisotopic (exact) mass is 509 g/mol. The Morgan fingerprint density at radius 1 is 1.16 bits per heavy atom. The minimum Gasteiger partial charge on any atom is -0.494 e. The Bertz CT molecular complexity index is 1110. The first-order valence-electron chi connectivity index (χ1n) is 13.6. The second-order valence-electron chi connectivity index (χ2n) is 10.2. The SMILES string of the molecule is CCCCN1C(=O)c2cc(C(=O)NCCc3ccc(OCC)cc3)nn2CC1(C)C(=O)NC1CCCC1. The number of aromatic nitrogens is 2. The molecule has 3 amide bonds. The van der Waals surface area contributed by atoms with E-state index in [-0.39, 0.29) is 36.0 Å². The normalized spacial score (nSPS) is 19.5. The van der Waals surface area contributed by atoms with E-state index < -0.39 is 5.54 Å². The van der Waals surface area contributed by atoms with Crippen LogP contribution in [-0.4, -0.2) is 63.7 Å². The summed E-state index contributed by atoms with van der Waals surface area (Å²) in [6, 6.07) is 9.49. The van der Waals surface area contributed by atoms with Crippen molar-refractivity contribution >= 4 is 17.7 Å². The van der Waals surface area contributed by atoms with Gasteiger partial charge in [-0.1, -0.05) is 38.3 Å². The molecule has 2 aromatic rings. The molecule has 0 bridgehead atoms. The van der Waals surface area contributed by atoms with Gasteiger partial charge in [0.2, 0.25) is 5.91 Å². The van der Waals surface area contributed by atoms with Crippen LogP contribution in [0.1, 0.15) is 85.8 Å². The maximum absolute atomic E-state index is 13.5. The smallest absolute Gasteiger partial charge is 0.273 e. The van der Waals surface area contributed by atoms with Gasteiger partial charge in [0.05, 0.1) is 13.2 Å². The van der Waals surface area contributed by atoms with Crippen LogP contribution in [0.3, 0.4) is 0 Å². The molecular formula is C28H39N5O4. The Morgan fingerprint density at radius 3 is 2.57 bits per heavy atom. The van der Waals surface area contributed by atoms with E-state index in [0.717, 1.165) is 49.8 Å². The highest BCUT2D eigenvalue weighted by molar-refractivity contribution is 6.01. The Balaban J connectivity index is 1.44. The molecule has 1 aromatic heterocycles. The summed E-state index contributed by atoms with van der Waals surface area (Å²) < 4.78 is 6.99. The van der Waals surface area contributed by atoms with Gasteiger partial charge in [0.1, 0.15) is 17.0 Å². The van der Waals surface area contributed by atoms with Crippen LogP contribution in [-0.2, 0) is 17.8 Å². The highest BCUT2D eigenvalue weighted by atomic mass is 16.5. The molecule has 9 nitrogen and oxygen atoms in total. The van der Waals surface area contributed by atoms with Gasteiger partial charge in [0.25, 0.3) is 11.8 Å². The number of hydrogen-bond acceptors (Lipinski definition) is 5. The molecule has 1 unspecified atom stereocenters. The highest BCUT2D eigenvalue weighted by Crippen LogP contribution is 2.29. The number of nitrogens with zero attached hydrogens (tertiary/aromatic N) is 3. The average molecular weight is 510 g/mol. The number of unbranched alkanes of at least 4 members (excludes halogenated alkanes) is 1. The number of hydrogen-bond donors (Lipinski definition) is 2. The quantitative estimate of drug-likeness (QED) is 0.483. The molecule has 9 heteroatoms. The van der Waals surface area contributed by atoms with E-state index in [9.17, 15) is 14.4 Å². The van der Waals surface area contributed by atoms with E-state index in [2.05, 4.69) is 22.7 Å². The molecule has 0 saturated heterocycles. The van der Waals surface area contributed by atoms with Gasteiger partial charge in [-0.2, -0.15) is 5.10 Å². The van der Waals surface area contributed by atoms with E-state index in [1.165, 1.54) is 4.68 Å². The molecule has 0 spiro atoms. The van der Waals surface area contributed by atoms with Gasteiger partial charge in [0, 0.05) is 25.2 Å². The molecule has 1 aliphatic heterocycles. The zero-order valence-electron chi connectivity index (χ0n) is 22.2. The molecule has 1 aromatic carbocycles. The number of carbonyl (C=O) groups excluding carboxylic acids is 3. The van der Waals surface area contributed by atoms with Crippen LogP contribution in [0.4, 0.5) is 0 Å². The molecule has 1 aliphatic carbocycles. The lowest BCUT2D eigenvalue weighted by molar-refractivity contribution is -0.133. The third kappa shape index (κ3) is 5.97. The summed E-state index contributed by atoms with van der Waals surface area (Å²) in [7, 11) is 0. The number of fused-ring (bicyclic) bond motifs is 1. The maximum Gasteiger partial charge on any atom is 0.273 e. The molecule has 0 radical (unpaired) electrons. The predicted octanol–water partition coefficient (Wildman–Crippen LogP) is 3.33. The van der Waals surface area contributed by atoms with Crippen LogP contribution < -0.4 is 15.4 Å². The second-order valence-corrected chi connectivity index (χ2v) is 10.2. The zero-order valence-corrected chi connectivity index (χ0v) is 22.2. The van der Waals surface area contributed by atoms with Gasteiger partial charge in [-0.25, -0.2) is 0 Å². The van der Waals surface area contributed by atoms with Crippen molar-refractivity contribution in [3.63, 3.8) is 0 Å². The van der Waals surface area contributed by atoms with Crippen molar-refractivity contribution in [3.05, 3.63) is 47.3 Å². The molecule has 2 aliphatic rings. The minimum absolute atomic E-state index is 0.147. The molecule has 2 N–H and O–H groups in total. The van der Waals surface area contributed by atoms with Gasteiger partial charge in [-0.3, -0.25) is 19.1 Å². The fraction of sp³-hybridized carbons (Fsp3) is 0.571. The van der Waals surface area contributed by atoms with Gasteiger partial charge in [-0.05, 0) is 57.2 Å². The predicted molar refractivity (Wildman–Crippen MR) is 141 cm³/mol. The van der Waals surface area contributed by atoms with E-state index in [0.29, 0.717) is 31.8 Å².